The van der Waals surface area contributed by atoms with Gasteiger partial charge in [-0.15, -0.1) is 0 Å². The van der Waals surface area contributed by atoms with Crippen LogP contribution < -0.4 is 0 Å². The average Bonchev–Trinajstić information content (AvgIpc) is 2.30. The number of carbonyl (C=O) groups is 1. The van der Waals surface area contributed by atoms with Gasteiger partial charge in [-0.3, -0.25) is 14.7 Å². The number of Topliss-reactive ketones (excluding diaryl/α,β-unsaturated/α-hetero) is 1. The van der Waals surface area contributed by atoms with Gasteiger partial charge in [0.25, 0.3) is 0 Å². The lowest BCUT2D eigenvalue weighted by Gasteiger charge is -2.29. The quantitative estimate of drug-likeness (QED) is 0.734. The van der Waals surface area contributed by atoms with Crippen LogP contribution in [0.15, 0.2) is 18.6 Å². The average molecular weight is 221 g/mol. The zero-order valence-corrected chi connectivity index (χ0v) is 9.04. The summed E-state index contributed by atoms with van der Waals surface area (Å²) < 4.78 is 0. The molecule has 2 heterocycles. The van der Waals surface area contributed by atoms with Crippen LogP contribution in [0.3, 0.4) is 0 Å². The Morgan fingerprint density at radius 1 is 1.56 bits per heavy atom. The lowest BCUT2D eigenvalue weighted by Crippen LogP contribution is -2.41. The van der Waals surface area contributed by atoms with E-state index in [0.29, 0.717) is 18.8 Å². The Kier molecular flexibility index (Phi) is 3.58. The monoisotopic (exact) mass is 221 g/mol. The van der Waals surface area contributed by atoms with E-state index < -0.39 is 0 Å². The first kappa shape index (κ1) is 11.2. The van der Waals surface area contributed by atoms with Gasteiger partial charge in [0, 0.05) is 18.9 Å². The summed E-state index contributed by atoms with van der Waals surface area (Å²) in [5.41, 5.74) is 0.391. The molecule has 1 fully saturated rings. The van der Waals surface area contributed by atoms with Gasteiger partial charge in [-0.05, 0) is 19.4 Å². The minimum Gasteiger partial charge on any atom is -0.392 e. The second-order valence-corrected chi connectivity index (χ2v) is 4.04. The summed E-state index contributed by atoms with van der Waals surface area (Å²) in [5, 5.41) is 9.48. The van der Waals surface area contributed by atoms with Crippen molar-refractivity contribution in [2.75, 3.05) is 19.6 Å². The number of nitrogens with zero attached hydrogens (tertiary/aromatic N) is 3. The van der Waals surface area contributed by atoms with E-state index in [1.165, 1.54) is 12.4 Å². The van der Waals surface area contributed by atoms with Crippen molar-refractivity contribution >= 4 is 5.78 Å². The zero-order chi connectivity index (χ0) is 11.4. The predicted octanol–water partition coefficient (Wildman–Crippen LogP) is 0.116. The molecule has 16 heavy (non-hydrogen) atoms. The number of carbonyl (C=O) groups excluding carboxylic acids is 1. The summed E-state index contributed by atoms with van der Waals surface area (Å²) in [6.07, 6.45) is 6.00. The molecule has 1 unspecified atom stereocenters. The van der Waals surface area contributed by atoms with Crippen molar-refractivity contribution in [2.45, 2.75) is 18.9 Å². The van der Waals surface area contributed by atoms with E-state index in [1.54, 1.807) is 6.20 Å². The van der Waals surface area contributed by atoms with Crippen molar-refractivity contribution < 1.29 is 9.90 Å². The van der Waals surface area contributed by atoms with E-state index in [0.717, 1.165) is 19.4 Å². The van der Waals surface area contributed by atoms with Crippen LogP contribution in [0.25, 0.3) is 0 Å². The summed E-state index contributed by atoms with van der Waals surface area (Å²) in [6.45, 7) is 1.75. The number of aromatic nitrogens is 2. The van der Waals surface area contributed by atoms with E-state index in [4.69, 9.17) is 0 Å². The van der Waals surface area contributed by atoms with E-state index in [9.17, 15) is 9.90 Å². The van der Waals surface area contributed by atoms with Crippen molar-refractivity contribution in [3.63, 3.8) is 0 Å². The molecule has 1 saturated heterocycles. The Hall–Kier alpha value is -1.33. The number of β-amino-alcohol motifs (C(OH)–C–C–N with tert-alkyl or cyclic N) is 1. The Balaban J connectivity index is 1.92. The van der Waals surface area contributed by atoms with Crippen LogP contribution >= 0.6 is 0 Å². The number of aliphatic hydroxyl groups is 1. The van der Waals surface area contributed by atoms with Crippen LogP contribution in [0.2, 0.25) is 0 Å². The number of rotatable bonds is 3. The highest BCUT2D eigenvalue weighted by molar-refractivity contribution is 5.95. The molecule has 5 nitrogen and oxygen atoms in total. The number of hydrogen-bond donors (Lipinski definition) is 1. The highest BCUT2D eigenvalue weighted by atomic mass is 16.3. The van der Waals surface area contributed by atoms with Gasteiger partial charge in [-0.1, -0.05) is 0 Å². The Morgan fingerprint density at radius 2 is 2.44 bits per heavy atom. The van der Waals surface area contributed by atoms with Gasteiger partial charge in [-0.25, -0.2) is 4.98 Å². The molecule has 0 bridgehead atoms. The number of likely N-dealkylation sites (tertiary alicyclic amines) is 1. The molecule has 5 heteroatoms. The highest BCUT2D eigenvalue weighted by Crippen LogP contribution is 2.10. The second kappa shape index (κ2) is 5.14. The molecular formula is C11H15N3O2. The molecule has 0 spiro atoms. The molecule has 1 aromatic rings. The van der Waals surface area contributed by atoms with Crippen LogP contribution in [0.1, 0.15) is 23.3 Å². The molecular weight excluding hydrogens is 206 g/mol. The van der Waals surface area contributed by atoms with Gasteiger partial charge >= 0.3 is 0 Å². The maximum absolute atomic E-state index is 11.8. The third kappa shape index (κ3) is 2.84. The first-order chi connectivity index (χ1) is 7.75. The van der Waals surface area contributed by atoms with Crippen LogP contribution in [-0.4, -0.2) is 51.5 Å². The molecule has 0 saturated carbocycles. The number of hydrogen-bond acceptors (Lipinski definition) is 5. The minimum atomic E-state index is -0.302. The summed E-state index contributed by atoms with van der Waals surface area (Å²) >= 11 is 0. The Bertz CT molecular complexity index is 356. The van der Waals surface area contributed by atoms with Gasteiger partial charge in [0.05, 0.1) is 18.8 Å². The minimum absolute atomic E-state index is 0.0396. The summed E-state index contributed by atoms with van der Waals surface area (Å²) in [5.74, 6) is -0.0396. The topological polar surface area (TPSA) is 66.3 Å². The molecule has 86 valence electrons. The number of ketones is 1. The van der Waals surface area contributed by atoms with Crippen molar-refractivity contribution in [3.05, 3.63) is 24.3 Å². The lowest BCUT2D eigenvalue weighted by molar-refractivity contribution is 0.0631. The van der Waals surface area contributed by atoms with Gasteiger partial charge in [0.1, 0.15) is 5.69 Å². The van der Waals surface area contributed by atoms with Crippen molar-refractivity contribution in [3.8, 4) is 0 Å². The highest BCUT2D eigenvalue weighted by Gasteiger charge is 2.20. The molecule has 2 rings (SSSR count). The van der Waals surface area contributed by atoms with Crippen LogP contribution in [0, 0.1) is 0 Å². The van der Waals surface area contributed by atoms with Crippen LogP contribution in [0.5, 0.6) is 0 Å². The molecule has 1 aromatic heterocycles. The molecule has 1 aliphatic rings. The largest absolute Gasteiger partial charge is 0.392 e. The second-order valence-electron chi connectivity index (χ2n) is 4.04. The fourth-order valence-electron chi connectivity index (χ4n) is 1.90. The maximum atomic E-state index is 11.8. The van der Waals surface area contributed by atoms with Gasteiger partial charge in [0.15, 0.2) is 5.78 Å². The van der Waals surface area contributed by atoms with Crippen LogP contribution in [0.4, 0.5) is 0 Å². The fraction of sp³-hybridized carbons (Fsp3) is 0.545. The lowest BCUT2D eigenvalue weighted by atomic mass is 10.1. The summed E-state index contributed by atoms with van der Waals surface area (Å²) in [7, 11) is 0. The molecule has 0 aromatic carbocycles. The molecule has 0 aliphatic carbocycles. The van der Waals surface area contributed by atoms with E-state index in [1.807, 2.05) is 4.90 Å². The number of piperidine rings is 1. The normalized spacial score (nSPS) is 21.9. The van der Waals surface area contributed by atoms with Gasteiger partial charge < -0.3 is 5.11 Å². The van der Waals surface area contributed by atoms with Crippen molar-refractivity contribution in [2.24, 2.45) is 0 Å². The Labute approximate surface area is 94.1 Å². The molecule has 0 radical (unpaired) electrons. The van der Waals surface area contributed by atoms with Crippen molar-refractivity contribution in [1.82, 2.24) is 14.9 Å². The standard InChI is InChI=1S/C11H15N3O2/c15-9-2-1-5-14(7-9)8-11(16)10-6-12-3-4-13-10/h3-4,6,9,15H,1-2,5,7-8H2. The molecule has 1 aliphatic heterocycles. The third-order valence-electron chi connectivity index (χ3n) is 2.70. The van der Waals surface area contributed by atoms with E-state index in [-0.39, 0.29) is 11.9 Å². The van der Waals surface area contributed by atoms with Gasteiger partial charge in [0.2, 0.25) is 0 Å². The molecule has 0 amide bonds. The summed E-state index contributed by atoms with van der Waals surface area (Å²) in [6, 6.07) is 0. The fourth-order valence-corrected chi connectivity index (χ4v) is 1.90. The van der Waals surface area contributed by atoms with E-state index >= 15 is 0 Å². The van der Waals surface area contributed by atoms with Gasteiger partial charge in [-0.2, -0.15) is 0 Å². The zero-order valence-electron chi connectivity index (χ0n) is 9.04. The van der Waals surface area contributed by atoms with Crippen LogP contribution in [-0.2, 0) is 0 Å². The molecule has 1 atom stereocenters. The third-order valence-corrected chi connectivity index (χ3v) is 2.70. The molecule has 1 N–H and O–H groups in total. The number of aliphatic hydroxyl groups excluding tert-OH is 1. The SMILES string of the molecule is O=C(CN1CCCC(O)C1)c1cnccn1. The van der Waals surface area contributed by atoms with E-state index in [2.05, 4.69) is 9.97 Å². The first-order valence-electron chi connectivity index (χ1n) is 5.45. The maximum Gasteiger partial charge on any atom is 0.196 e. The smallest absolute Gasteiger partial charge is 0.196 e. The predicted molar refractivity (Wildman–Crippen MR) is 58.0 cm³/mol. The Morgan fingerprint density at radius 3 is 3.12 bits per heavy atom. The first-order valence-corrected chi connectivity index (χ1v) is 5.45. The van der Waals surface area contributed by atoms with Crippen molar-refractivity contribution in [1.29, 1.82) is 0 Å². The summed E-state index contributed by atoms with van der Waals surface area (Å²) in [4.78, 5) is 21.6.